The lowest BCUT2D eigenvalue weighted by atomic mass is 10.0. The lowest BCUT2D eigenvalue weighted by molar-refractivity contribution is -0.118. The minimum atomic E-state index is -0.179. The fourth-order valence-corrected chi connectivity index (χ4v) is 2.19. The van der Waals surface area contributed by atoms with Crippen LogP contribution in [0.25, 0.3) is 0 Å². The Balaban J connectivity index is 2.03. The van der Waals surface area contributed by atoms with E-state index >= 15 is 0 Å². The van der Waals surface area contributed by atoms with Gasteiger partial charge >= 0.3 is 0 Å². The molecule has 2 rings (SSSR count). The van der Waals surface area contributed by atoms with Crippen LogP contribution in [0, 0.1) is 6.92 Å². The van der Waals surface area contributed by atoms with Crippen LogP contribution in [-0.4, -0.2) is 12.5 Å². The summed E-state index contributed by atoms with van der Waals surface area (Å²) < 4.78 is 5.44. The third-order valence-corrected chi connectivity index (χ3v) is 3.20. The number of amides is 1. The van der Waals surface area contributed by atoms with E-state index in [0.717, 1.165) is 23.2 Å². The first-order valence-corrected chi connectivity index (χ1v) is 6.97. The van der Waals surface area contributed by atoms with Crippen molar-refractivity contribution in [2.24, 2.45) is 0 Å². The zero-order valence-corrected chi connectivity index (χ0v) is 12.3. The molecule has 0 atom stereocenters. The van der Waals surface area contributed by atoms with E-state index in [4.69, 9.17) is 10.5 Å². The maximum absolute atomic E-state index is 12.0. The number of nitrogens with two attached hydrogens (primary N) is 1. The molecule has 0 bridgehead atoms. The predicted molar refractivity (Wildman–Crippen MR) is 85.5 cm³/mol. The van der Waals surface area contributed by atoms with Crippen LogP contribution in [0.15, 0.2) is 42.5 Å². The minimum absolute atomic E-state index is 0.0169. The van der Waals surface area contributed by atoms with Crippen molar-refractivity contribution in [3.8, 4) is 5.75 Å². The molecule has 2 aromatic rings. The van der Waals surface area contributed by atoms with E-state index in [1.54, 1.807) is 0 Å². The fourth-order valence-electron chi connectivity index (χ4n) is 2.19. The van der Waals surface area contributed by atoms with Gasteiger partial charge in [0.25, 0.3) is 5.91 Å². The van der Waals surface area contributed by atoms with Crippen LogP contribution in [0.5, 0.6) is 5.75 Å². The van der Waals surface area contributed by atoms with Gasteiger partial charge in [0.2, 0.25) is 0 Å². The summed E-state index contributed by atoms with van der Waals surface area (Å²) in [6.45, 7) is 3.95. The monoisotopic (exact) mass is 284 g/mol. The fraction of sp³-hybridized carbons (Fsp3) is 0.235. The molecular weight excluding hydrogens is 264 g/mol. The molecule has 0 saturated carbocycles. The van der Waals surface area contributed by atoms with E-state index < -0.39 is 0 Å². The molecule has 0 spiro atoms. The van der Waals surface area contributed by atoms with Gasteiger partial charge < -0.3 is 15.8 Å². The molecule has 0 saturated heterocycles. The highest BCUT2D eigenvalue weighted by Crippen LogP contribution is 2.24. The van der Waals surface area contributed by atoms with E-state index in [1.807, 2.05) is 56.3 Å². The van der Waals surface area contributed by atoms with E-state index in [1.165, 1.54) is 0 Å². The van der Waals surface area contributed by atoms with Crippen molar-refractivity contribution in [2.45, 2.75) is 20.3 Å². The van der Waals surface area contributed by atoms with Crippen molar-refractivity contribution in [1.29, 1.82) is 0 Å². The van der Waals surface area contributed by atoms with Crippen LogP contribution in [-0.2, 0) is 11.2 Å². The number of benzene rings is 2. The van der Waals surface area contributed by atoms with Crippen molar-refractivity contribution >= 4 is 17.3 Å². The number of rotatable bonds is 5. The Hall–Kier alpha value is -2.49. The van der Waals surface area contributed by atoms with Gasteiger partial charge in [-0.1, -0.05) is 25.1 Å². The molecule has 1 amide bonds. The summed E-state index contributed by atoms with van der Waals surface area (Å²) in [6, 6.07) is 13.0. The second-order valence-electron chi connectivity index (χ2n) is 4.88. The summed E-state index contributed by atoms with van der Waals surface area (Å²) >= 11 is 0. The lowest BCUT2D eigenvalue weighted by Crippen LogP contribution is -2.21. The summed E-state index contributed by atoms with van der Waals surface area (Å²) in [4.78, 5) is 12.0. The van der Waals surface area contributed by atoms with Gasteiger partial charge in [0.05, 0.1) is 0 Å². The van der Waals surface area contributed by atoms with E-state index in [0.29, 0.717) is 11.4 Å². The Bertz CT molecular complexity index is 624. The summed E-state index contributed by atoms with van der Waals surface area (Å²) in [5.41, 5.74) is 9.36. The van der Waals surface area contributed by atoms with Crippen LogP contribution in [0.2, 0.25) is 0 Å². The Morgan fingerprint density at radius 1 is 1.24 bits per heavy atom. The highest BCUT2D eigenvalue weighted by molar-refractivity contribution is 5.93. The van der Waals surface area contributed by atoms with Crippen molar-refractivity contribution in [1.82, 2.24) is 0 Å². The highest BCUT2D eigenvalue weighted by Gasteiger charge is 2.10. The Morgan fingerprint density at radius 3 is 2.62 bits per heavy atom. The topological polar surface area (TPSA) is 64.3 Å². The van der Waals surface area contributed by atoms with Gasteiger partial charge in [0.1, 0.15) is 5.75 Å². The van der Waals surface area contributed by atoms with E-state index in [9.17, 15) is 4.79 Å². The smallest absolute Gasteiger partial charge is 0.262 e. The molecule has 0 radical (unpaired) electrons. The second kappa shape index (κ2) is 6.79. The molecule has 0 aliphatic rings. The van der Waals surface area contributed by atoms with Crippen molar-refractivity contribution in [3.05, 3.63) is 53.6 Å². The standard InChI is InChI=1S/C17H20N2O2/c1-3-13-10-14(18)9-12(2)17(13)19-16(20)11-21-15-7-5-4-6-8-15/h4-10H,3,11,18H2,1-2H3,(H,19,20). The first-order chi connectivity index (χ1) is 10.1. The number of carbonyl (C=O) groups is 1. The van der Waals surface area contributed by atoms with Gasteiger partial charge in [0.15, 0.2) is 6.61 Å². The van der Waals surface area contributed by atoms with Gasteiger partial charge in [-0.2, -0.15) is 0 Å². The normalized spacial score (nSPS) is 10.2. The highest BCUT2D eigenvalue weighted by atomic mass is 16.5. The summed E-state index contributed by atoms with van der Waals surface area (Å²) in [5, 5.41) is 2.91. The van der Waals surface area contributed by atoms with Crippen LogP contribution in [0.3, 0.4) is 0 Å². The number of carbonyl (C=O) groups excluding carboxylic acids is 1. The number of hydrogen-bond acceptors (Lipinski definition) is 3. The molecule has 2 aromatic carbocycles. The van der Waals surface area contributed by atoms with Gasteiger partial charge in [-0.05, 0) is 48.7 Å². The van der Waals surface area contributed by atoms with Crippen LogP contribution < -0.4 is 15.8 Å². The molecule has 0 aliphatic carbocycles. The summed E-state index contributed by atoms with van der Waals surface area (Å²) in [6.07, 6.45) is 0.807. The zero-order valence-electron chi connectivity index (χ0n) is 12.3. The van der Waals surface area contributed by atoms with Gasteiger partial charge in [0, 0.05) is 11.4 Å². The average Bonchev–Trinajstić information content (AvgIpc) is 2.48. The molecule has 0 unspecified atom stereocenters. The molecule has 3 N–H and O–H groups in total. The number of nitrogen functional groups attached to an aromatic ring is 1. The number of nitrogens with one attached hydrogen (secondary N) is 1. The molecule has 4 nitrogen and oxygen atoms in total. The molecule has 0 heterocycles. The first-order valence-electron chi connectivity index (χ1n) is 6.97. The Morgan fingerprint density at radius 2 is 1.95 bits per heavy atom. The number of para-hydroxylation sites is 1. The molecule has 21 heavy (non-hydrogen) atoms. The maximum atomic E-state index is 12.0. The number of ether oxygens (including phenoxy) is 1. The second-order valence-corrected chi connectivity index (χ2v) is 4.88. The Labute approximate surface area is 124 Å². The minimum Gasteiger partial charge on any atom is -0.484 e. The largest absolute Gasteiger partial charge is 0.484 e. The van der Waals surface area contributed by atoms with Crippen molar-refractivity contribution < 1.29 is 9.53 Å². The van der Waals surface area contributed by atoms with Gasteiger partial charge in [-0.3, -0.25) is 4.79 Å². The van der Waals surface area contributed by atoms with Crippen LogP contribution >= 0.6 is 0 Å². The molecule has 0 fully saturated rings. The van der Waals surface area contributed by atoms with Crippen molar-refractivity contribution in [2.75, 3.05) is 17.7 Å². The molecular formula is C17H20N2O2. The van der Waals surface area contributed by atoms with Gasteiger partial charge in [-0.25, -0.2) is 0 Å². The zero-order chi connectivity index (χ0) is 15.2. The quantitative estimate of drug-likeness (QED) is 0.829. The summed E-state index contributed by atoms with van der Waals surface area (Å²) in [7, 11) is 0. The molecule has 4 heteroatoms. The maximum Gasteiger partial charge on any atom is 0.262 e. The molecule has 0 aliphatic heterocycles. The summed E-state index contributed by atoms with van der Waals surface area (Å²) in [5.74, 6) is 0.499. The third kappa shape index (κ3) is 3.99. The first kappa shape index (κ1) is 14.9. The lowest BCUT2D eigenvalue weighted by Gasteiger charge is -2.14. The van der Waals surface area contributed by atoms with Crippen LogP contribution in [0.4, 0.5) is 11.4 Å². The number of anilines is 2. The van der Waals surface area contributed by atoms with E-state index in [-0.39, 0.29) is 12.5 Å². The predicted octanol–water partition coefficient (Wildman–Crippen LogP) is 3.16. The third-order valence-electron chi connectivity index (χ3n) is 3.20. The SMILES string of the molecule is CCc1cc(N)cc(C)c1NC(=O)COc1ccccc1. The average molecular weight is 284 g/mol. The van der Waals surface area contributed by atoms with Gasteiger partial charge in [-0.15, -0.1) is 0 Å². The molecule has 110 valence electrons. The number of hydrogen-bond donors (Lipinski definition) is 2. The Kier molecular flexibility index (Phi) is 4.82. The van der Waals surface area contributed by atoms with Crippen molar-refractivity contribution in [3.63, 3.8) is 0 Å². The number of aryl methyl sites for hydroxylation is 2. The molecule has 0 aromatic heterocycles. The van der Waals surface area contributed by atoms with Crippen LogP contribution in [0.1, 0.15) is 18.1 Å². The van der Waals surface area contributed by atoms with E-state index in [2.05, 4.69) is 5.32 Å².